The minimum atomic E-state index is 0.174. The molecule has 1 atom stereocenters. The summed E-state index contributed by atoms with van der Waals surface area (Å²) in [7, 11) is 0. The molecule has 2 heterocycles. The third-order valence-electron chi connectivity index (χ3n) is 6.05. The summed E-state index contributed by atoms with van der Waals surface area (Å²) in [4.78, 5) is 15.4. The molecule has 0 unspecified atom stereocenters. The van der Waals surface area contributed by atoms with Gasteiger partial charge in [-0.05, 0) is 63.2 Å². The number of aryl methyl sites for hydroxylation is 2. The highest BCUT2D eigenvalue weighted by atomic mass is 32.1. The van der Waals surface area contributed by atoms with Crippen LogP contribution in [0.2, 0.25) is 0 Å². The van der Waals surface area contributed by atoms with E-state index in [0.717, 1.165) is 58.8 Å². The fourth-order valence-corrected chi connectivity index (χ4v) is 5.00. The molecular formula is C23H23N3OS. The van der Waals surface area contributed by atoms with Crippen LogP contribution in [0.5, 0.6) is 0 Å². The average Bonchev–Trinajstić information content (AvgIpc) is 3.13. The van der Waals surface area contributed by atoms with Gasteiger partial charge >= 0.3 is 0 Å². The average molecular weight is 390 g/mol. The maximum Gasteiger partial charge on any atom is 0.192 e. The highest BCUT2D eigenvalue weighted by Crippen LogP contribution is 2.39. The molecule has 0 spiro atoms. The number of nitrogens with zero attached hydrogens (tertiary/aromatic N) is 2. The van der Waals surface area contributed by atoms with Gasteiger partial charge in [0.25, 0.3) is 0 Å². The second-order valence-electron chi connectivity index (χ2n) is 7.91. The van der Waals surface area contributed by atoms with E-state index in [-0.39, 0.29) is 11.5 Å². The van der Waals surface area contributed by atoms with Crippen molar-refractivity contribution in [3.05, 3.63) is 75.1 Å². The summed E-state index contributed by atoms with van der Waals surface area (Å²) in [5.41, 5.74) is 6.76. The van der Waals surface area contributed by atoms with E-state index >= 15 is 0 Å². The van der Waals surface area contributed by atoms with Gasteiger partial charge in [-0.1, -0.05) is 29.3 Å². The van der Waals surface area contributed by atoms with Crippen LogP contribution in [0.25, 0.3) is 10.9 Å². The maximum atomic E-state index is 13.1. The Bertz CT molecular complexity index is 1160. The topological polar surface area (TPSA) is 37.3 Å². The molecule has 28 heavy (non-hydrogen) atoms. The Morgan fingerprint density at radius 1 is 1.07 bits per heavy atom. The van der Waals surface area contributed by atoms with Crippen LogP contribution in [0.4, 0.5) is 5.69 Å². The van der Waals surface area contributed by atoms with E-state index in [4.69, 9.17) is 12.2 Å². The first-order chi connectivity index (χ1) is 13.5. The van der Waals surface area contributed by atoms with Gasteiger partial charge < -0.3 is 14.8 Å². The van der Waals surface area contributed by atoms with Crippen molar-refractivity contribution in [2.75, 3.05) is 11.9 Å². The van der Waals surface area contributed by atoms with Gasteiger partial charge in [-0.2, -0.15) is 0 Å². The third-order valence-corrected chi connectivity index (χ3v) is 6.39. The van der Waals surface area contributed by atoms with E-state index in [1.54, 1.807) is 0 Å². The molecule has 1 aromatic heterocycles. The lowest BCUT2D eigenvalue weighted by Gasteiger charge is -2.38. The molecule has 1 aliphatic heterocycles. The molecule has 2 aromatic carbocycles. The van der Waals surface area contributed by atoms with E-state index in [2.05, 4.69) is 58.1 Å². The third kappa shape index (κ3) is 2.65. The molecule has 4 nitrogen and oxygen atoms in total. The molecule has 2 aliphatic rings. The summed E-state index contributed by atoms with van der Waals surface area (Å²) in [6.07, 6.45) is 1.77. The SMILES string of the molecule is Cc1ccc(NC(=S)N2CCn3c4c(c(=O)c5cc(C)ccc53)CC[C@@H]42)cc1. The molecular weight excluding hydrogens is 366 g/mol. The molecule has 0 radical (unpaired) electrons. The van der Waals surface area contributed by atoms with Gasteiger partial charge in [-0.15, -0.1) is 0 Å². The Morgan fingerprint density at radius 3 is 2.61 bits per heavy atom. The summed E-state index contributed by atoms with van der Waals surface area (Å²) >= 11 is 5.76. The van der Waals surface area contributed by atoms with Gasteiger partial charge in [0, 0.05) is 35.4 Å². The second kappa shape index (κ2) is 6.45. The number of rotatable bonds is 1. The minimum absolute atomic E-state index is 0.174. The van der Waals surface area contributed by atoms with Crippen molar-refractivity contribution < 1.29 is 0 Å². The van der Waals surface area contributed by atoms with Crippen molar-refractivity contribution in [1.82, 2.24) is 9.47 Å². The van der Waals surface area contributed by atoms with Crippen molar-refractivity contribution in [3.8, 4) is 0 Å². The zero-order valence-electron chi connectivity index (χ0n) is 16.2. The summed E-state index contributed by atoms with van der Waals surface area (Å²) in [5, 5.41) is 4.98. The lowest BCUT2D eigenvalue weighted by Crippen LogP contribution is -2.44. The fraction of sp³-hybridized carbons (Fsp3) is 0.304. The van der Waals surface area contributed by atoms with E-state index < -0.39 is 0 Å². The number of pyridine rings is 1. The van der Waals surface area contributed by atoms with Gasteiger partial charge in [0.05, 0.1) is 11.6 Å². The van der Waals surface area contributed by atoms with Crippen LogP contribution in [0.1, 0.15) is 34.8 Å². The normalized spacial score (nSPS) is 17.6. The summed E-state index contributed by atoms with van der Waals surface area (Å²) in [6, 6.07) is 14.7. The van der Waals surface area contributed by atoms with E-state index in [9.17, 15) is 4.79 Å². The Morgan fingerprint density at radius 2 is 1.82 bits per heavy atom. The quantitative estimate of drug-likeness (QED) is 0.629. The van der Waals surface area contributed by atoms with Gasteiger partial charge in [-0.25, -0.2) is 0 Å². The molecule has 5 rings (SSSR count). The largest absolute Gasteiger partial charge is 0.340 e. The Hall–Kier alpha value is -2.66. The maximum absolute atomic E-state index is 13.1. The zero-order valence-corrected chi connectivity index (χ0v) is 17.0. The first kappa shape index (κ1) is 17.4. The van der Waals surface area contributed by atoms with Crippen LogP contribution in [-0.4, -0.2) is 21.1 Å². The summed E-state index contributed by atoms with van der Waals surface area (Å²) < 4.78 is 2.36. The van der Waals surface area contributed by atoms with Crippen LogP contribution in [0, 0.1) is 13.8 Å². The summed E-state index contributed by atoms with van der Waals surface area (Å²) in [6.45, 7) is 5.81. The highest BCUT2D eigenvalue weighted by molar-refractivity contribution is 7.80. The first-order valence-corrected chi connectivity index (χ1v) is 10.2. The lowest BCUT2D eigenvalue weighted by atomic mass is 10.0. The van der Waals surface area contributed by atoms with E-state index in [1.165, 1.54) is 11.3 Å². The molecule has 5 heteroatoms. The van der Waals surface area contributed by atoms with Gasteiger partial charge in [-0.3, -0.25) is 4.79 Å². The molecule has 1 aliphatic carbocycles. The van der Waals surface area contributed by atoms with Crippen LogP contribution in [0.3, 0.4) is 0 Å². The first-order valence-electron chi connectivity index (χ1n) is 9.83. The van der Waals surface area contributed by atoms with Crippen molar-refractivity contribution in [1.29, 1.82) is 0 Å². The molecule has 0 amide bonds. The number of aromatic nitrogens is 1. The van der Waals surface area contributed by atoms with Gasteiger partial charge in [0.2, 0.25) is 0 Å². The number of benzene rings is 2. The molecule has 0 bridgehead atoms. The van der Waals surface area contributed by atoms with Crippen LogP contribution >= 0.6 is 12.2 Å². The van der Waals surface area contributed by atoms with Crippen molar-refractivity contribution in [2.24, 2.45) is 0 Å². The lowest BCUT2D eigenvalue weighted by molar-refractivity contribution is 0.263. The van der Waals surface area contributed by atoms with Gasteiger partial charge in [0.15, 0.2) is 10.5 Å². The van der Waals surface area contributed by atoms with Crippen molar-refractivity contribution in [3.63, 3.8) is 0 Å². The number of hydrogen-bond donors (Lipinski definition) is 1. The molecule has 0 saturated carbocycles. The standard InChI is InChI=1S/C23H23N3OS/c1-14-3-6-16(7-4-14)24-23(28)26-12-11-25-19-9-5-15(2)13-18(19)22(27)17-8-10-20(26)21(17)25/h3-7,9,13,20H,8,10-12H2,1-2H3,(H,24,28)/t20-/m0/s1. The molecule has 3 aromatic rings. The molecule has 0 fully saturated rings. The second-order valence-corrected chi connectivity index (χ2v) is 8.30. The fourth-order valence-electron chi connectivity index (χ4n) is 4.66. The van der Waals surface area contributed by atoms with Crippen LogP contribution in [0.15, 0.2) is 47.3 Å². The summed E-state index contributed by atoms with van der Waals surface area (Å²) in [5.74, 6) is 0. The molecule has 0 saturated heterocycles. The Labute approximate surface area is 169 Å². The number of hydrogen-bond acceptors (Lipinski definition) is 2. The monoisotopic (exact) mass is 389 g/mol. The highest BCUT2D eigenvalue weighted by Gasteiger charge is 2.37. The number of thiocarbonyl (C=S) groups is 1. The number of anilines is 1. The molecule has 1 N–H and O–H groups in total. The molecule has 142 valence electrons. The van der Waals surface area contributed by atoms with E-state index in [1.807, 2.05) is 13.0 Å². The number of nitrogens with one attached hydrogen (secondary N) is 1. The smallest absolute Gasteiger partial charge is 0.192 e. The zero-order chi connectivity index (χ0) is 19.4. The predicted molar refractivity (Wildman–Crippen MR) is 118 cm³/mol. The van der Waals surface area contributed by atoms with Crippen molar-refractivity contribution >= 4 is 33.9 Å². The van der Waals surface area contributed by atoms with Crippen molar-refractivity contribution in [2.45, 2.75) is 39.3 Å². The van der Waals surface area contributed by atoms with Crippen LogP contribution < -0.4 is 10.7 Å². The number of fused-ring (bicyclic) bond motifs is 2. The van der Waals surface area contributed by atoms with Crippen LogP contribution in [-0.2, 0) is 13.0 Å². The Kier molecular flexibility index (Phi) is 4.02. The van der Waals surface area contributed by atoms with E-state index in [0.29, 0.717) is 0 Å². The van der Waals surface area contributed by atoms with Gasteiger partial charge in [0.1, 0.15) is 0 Å². The Balaban J connectivity index is 1.54. The predicted octanol–water partition coefficient (Wildman–Crippen LogP) is 4.32. The minimum Gasteiger partial charge on any atom is -0.340 e.